The molecule has 3 aromatic carbocycles. The van der Waals surface area contributed by atoms with Gasteiger partial charge in [-0.2, -0.15) is 0 Å². The number of hydrogen-bond donors (Lipinski definition) is 2. The number of nitrogens with zero attached hydrogens (tertiary/aromatic N) is 1. The summed E-state index contributed by atoms with van der Waals surface area (Å²) in [7, 11) is 4.85. The van der Waals surface area contributed by atoms with Crippen LogP contribution in [0.15, 0.2) is 42.5 Å². The van der Waals surface area contributed by atoms with Crippen LogP contribution >= 0.6 is 0 Å². The Bertz CT molecular complexity index is 1050. The number of β-amino-alcohol motifs (C(OH)–C–C–N with tert-alkyl or cyclic N) is 1. The lowest BCUT2D eigenvalue weighted by molar-refractivity contribution is 0.0841. The molecule has 0 radical (unpaired) electrons. The van der Waals surface area contributed by atoms with Crippen molar-refractivity contribution >= 4 is 10.8 Å². The number of benzene rings is 3. The second kappa shape index (κ2) is 7.81. The van der Waals surface area contributed by atoms with Gasteiger partial charge < -0.3 is 24.4 Å². The van der Waals surface area contributed by atoms with Crippen molar-refractivity contribution in [2.45, 2.75) is 19.2 Å². The van der Waals surface area contributed by atoms with E-state index >= 15 is 0 Å². The number of aliphatic hydroxyl groups excluding tert-OH is 1. The molecule has 0 amide bonds. The van der Waals surface area contributed by atoms with Crippen LogP contribution in [0.25, 0.3) is 10.8 Å². The van der Waals surface area contributed by atoms with Crippen molar-refractivity contribution in [3.63, 3.8) is 0 Å². The van der Waals surface area contributed by atoms with Crippen molar-refractivity contribution in [3.8, 4) is 23.0 Å². The first-order valence-electron chi connectivity index (χ1n) is 9.48. The highest BCUT2D eigenvalue weighted by molar-refractivity contribution is 5.89. The molecule has 0 saturated carbocycles. The molecule has 0 bridgehead atoms. The summed E-state index contributed by atoms with van der Waals surface area (Å²) < 4.78 is 16.3. The molecule has 4 rings (SSSR count). The van der Waals surface area contributed by atoms with Crippen LogP contribution in [0.4, 0.5) is 0 Å². The largest absolute Gasteiger partial charge is 0.508 e. The lowest BCUT2D eigenvalue weighted by atomic mass is 9.94. The summed E-state index contributed by atoms with van der Waals surface area (Å²) in [6, 6.07) is 13.1. The number of fused-ring (bicyclic) bond motifs is 2. The number of rotatable bonds is 5. The first kappa shape index (κ1) is 19.4. The number of aliphatic hydroxyl groups is 1. The van der Waals surface area contributed by atoms with Crippen LogP contribution in [0.3, 0.4) is 0 Å². The number of methoxy groups -OCH3 is 3. The molecule has 0 aromatic heterocycles. The Morgan fingerprint density at radius 1 is 0.966 bits per heavy atom. The van der Waals surface area contributed by atoms with Gasteiger partial charge in [0.05, 0.1) is 27.4 Å². The molecule has 0 fully saturated rings. The summed E-state index contributed by atoms with van der Waals surface area (Å²) in [5.41, 5.74) is 2.48. The van der Waals surface area contributed by atoms with Gasteiger partial charge >= 0.3 is 0 Å². The molecule has 6 heteroatoms. The van der Waals surface area contributed by atoms with Crippen LogP contribution < -0.4 is 14.2 Å². The highest BCUT2D eigenvalue weighted by Gasteiger charge is 2.30. The quantitative estimate of drug-likeness (QED) is 0.688. The zero-order chi connectivity index (χ0) is 20.5. The minimum absolute atomic E-state index is 0.226. The van der Waals surface area contributed by atoms with Crippen LogP contribution in [-0.2, 0) is 13.1 Å². The molecule has 152 valence electrons. The lowest BCUT2D eigenvalue weighted by Crippen LogP contribution is -2.33. The summed E-state index contributed by atoms with van der Waals surface area (Å²) in [5.74, 6) is 2.34. The maximum absolute atomic E-state index is 10.8. The van der Waals surface area contributed by atoms with Gasteiger partial charge in [0.1, 0.15) is 23.0 Å². The normalized spacial score (nSPS) is 16.5. The molecule has 1 atom stereocenters. The Hall–Kier alpha value is -2.96. The molecule has 1 aliphatic heterocycles. The minimum Gasteiger partial charge on any atom is -0.508 e. The zero-order valence-electron chi connectivity index (χ0n) is 16.8. The van der Waals surface area contributed by atoms with Gasteiger partial charge in [-0.05, 0) is 41.1 Å². The fourth-order valence-electron chi connectivity index (χ4n) is 4.13. The fourth-order valence-corrected chi connectivity index (χ4v) is 4.13. The summed E-state index contributed by atoms with van der Waals surface area (Å²) >= 11 is 0. The van der Waals surface area contributed by atoms with E-state index in [9.17, 15) is 10.2 Å². The molecule has 29 heavy (non-hydrogen) atoms. The van der Waals surface area contributed by atoms with Gasteiger partial charge in [-0.1, -0.05) is 12.1 Å². The van der Waals surface area contributed by atoms with Crippen LogP contribution in [0.5, 0.6) is 23.0 Å². The minimum atomic E-state index is -0.713. The van der Waals surface area contributed by atoms with E-state index in [0.717, 1.165) is 33.2 Å². The van der Waals surface area contributed by atoms with E-state index in [-0.39, 0.29) is 5.75 Å². The first-order chi connectivity index (χ1) is 14.0. The zero-order valence-corrected chi connectivity index (χ0v) is 16.8. The highest BCUT2D eigenvalue weighted by Crippen LogP contribution is 2.40. The molecule has 0 saturated heterocycles. The summed E-state index contributed by atoms with van der Waals surface area (Å²) in [4.78, 5) is 2.10. The van der Waals surface area contributed by atoms with Crippen molar-refractivity contribution in [1.29, 1.82) is 0 Å². The number of hydrogen-bond acceptors (Lipinski definition) is 6. The van der Waals surface area contributed by atoms with Crippen LogP contribution in [0.1, 0.15) is 22.8 Å². The van der Waals surface area contributed by atoms with E-state index < -0.39 is 6.10 Å². The van der Waals surface area contributed by atoms with Gasteiger partial charge in [0.25, 0.3) is 0 Å². The molecular weight excluding hydrogens is 370 g/mol. The van der Waals surface area contributed by atoms with Crippen LogP contribution in [0.2, 0.25) is 0 Å². The fraction of sp³-hybridized carbons (Fsp3) is 0.304. The van der Waals surface area contributed by atoms with Gasteiger partial charge in [-0.25, -0.2) is 0 Å². The predicted molar refractivity (Wildman–Crippen MR) is 111 cm³/mol. The Morgan fingerprint density at radius 2 is 1.69 bits per heavy atom. The van der Waals surface area contributed by atoms with E-state index in [1.54, 1.807) is 27.4 Å². The molecule has 1 unspecified atom stereocenters. The average Bonchev–Trinajstić information content (AvgIpc) is 2.74. The van der Waals surface area contributed by atoms with E-state index in [2.05, 4.69) is 4.90 Å². The van der Waals surface area contributed by atoms with E-state index in [0.29, 0.717) is 31.1 Å². The monoisotopic (exact) mass is 395 g/mol. The van der Waals surface area contributed by atoms with Crippen LogP contribution in [0, 0.1) is 0 Å². The van der Waals surface area contributed by atoms with E-state index in [4.69, 9.17) is 14.2 Å². The van der Waals surface area contributed by atoms with Crippen molar-refractivity contribution in [3.05, 3.63) is 59.2 Å². The Morgan fingerprint density at radius 3 is 2.41 bits per heavy atom. The third kappa shape index (κ3) is 3.45. The highest BCUT2D eigenvalue weighted by atomic mass is 16.5. The summed E-state index contributed by atoms with van der Waals surface area (Å²) in [6.45, 7) is 1.48. The lowest BCUT2D eigenvalue weighted by Gasteiger charge is -2.34. The standard InChI is InChI=1S/C23H25NO5/c1-27-15-6-4-14-5-7-19(25)17(16(14)10-15)11-24-12-18-21(28-2)8-9-22(29-3)23(18)20(26)13-24/h4-10,20,25-26H,11-13H2,1-3H3. The van der Waals surface area contributed by atoms with Gasteiger partial charge in [0.2, 0.25) is 0 Å². The second-order valence-electron chi connectivity index (χ2n) is 7.20. The summed E-state index contributed by atoms with van der Waals surface area (Å²) in [5, 5.41) is 23.4. The third-order valence-corrected chi connectivity index (χ3v) is 5.56. The molecule has 3 aromatic rings. The first-order valence-corrected chi connectivity index (χ1v) is 9.48. The van der Waals surface area contributed by atoms with Gasteiger partial charge in [0, 0.05) is 36.3 Å². The average molecular weight is 395 g/mol. The SMILES string of the molecule is COc1ccc2ccc(O)c(CN3Cc4c(OC)ccc(OC)c4C(O)C3)c2c1. The Labute approximate surface area is 169 Å². The maximum Gasteiger partial charge on any atom is 0.125 e. The number of phenols is 1. The number of ether oxygens (including phenoxy) is 3. The molecule has 2 N–H and O–H groups in total. The smallest absolute Gasteiger partial charge is 0.125 e. The molecule has 1 heterocycles. The van der Waals surface area contributed by atoms with Gasteiger partial charge in [-0.15, -0.1) is 0 Å². The summed E-state index contributed by atoms with van der Waals surface area (Å²) in [6.07, 6.45) is -0.713. The molecular formula is C23H25NO5. The molecule has 0 aliphatic carbocycles. The molecule has 0 spiro atoms. The topological polar surface area (TPSA) is 71.4 Å². The Kier molecular flexibility index (Phi) is 5.22. The van der Waals surface area contributed by atoms with Crippen LogP contribution in [-0.4, -0.2) is 43.0 Å². The number of aromatic hydroxyl groups is 1. The Balaban J connectivity index is 1.73. The van der Waals surface area contributed by atoms with Crippen molar-refractivity contribution in [2.75, 3.05) is 27.9 Å². The second-order valence-corrected chi connectivity index (χ2v) is 7.20. The van der Waals surface area contributed by atoms with Gasteiger partial charge in [0.15, 0.2) is 0 Å². The predicted octanol–water partition coefficient (Wildman–Crippen LogP) is 3.62. The number of phenolic OH excluding ortho intramolecular Hbond substituents is 1. The van der Waals surface area contributed by atoms with E-state index in [1.807, 2.05) is 36.4 Å². The van der Waals surface area contributed by atoms with Gasteiger partial charge in [-0.3, -0.25) is 4.90 Å². The van der Waals surface area contributed by atoms with Crippen molar-refractivity contribution < 1.29 is 24.4 Å². The van der Waals surface area contributed by atoms with Crippen molar-refractivity contribution in [2.24, 2.45) is 0 Å². The molecule has 1 aliphatic rings. The maximum atomic E-state index is 10.8. The van der Waals surface area contributed by atoms with E-state index in [1.165, 1.54) is 0 Å². The van der Waals surface area contributed by atoms with Crippen molar-refractivity contribution in [1.82, 2.24) is 4.90 Å². The molecule has 6 nitrogen and oxygen atoms in total. The third-order valence-electron chi connectivity index (χ3n) is 5.56.